The van der Waals surface area contributed by atoms with Crippen LogP contribution in [0.15, 0.2) is 77.5 Å². The van der Waals surface area contributed by atoms with E-state index in [4.69, 9.17) is 19.8 Å². The van der Waals surface area contributed by atoms with Crippen molar-refractivity contribution in [2.75, 3.05) is 184 Å². The number of aliphatic hydroxyl groups is 1. The Balaban J connectivity index is 1.48. The molecule has 16 nitrogen and oxygen atoms in total. The fourth-order valence-electron chi connectivity index (χ4n) is 8.69. The minimum atomic E-state index is -0.0292. The van der Waals surface area contributed by atoms with Crippen LogP contribution < -0.4 is 0 Å². The number of azide groups is 1. The molecule has 0 spiro atoms. The van der Waals surface area contributed by atoms with Crippen molar-refractivity contribution < 1.29 is 38.6 Å². The quantitative estimate of drug-likeness (QED) is 0.0548. The molecule has 2 aliphatic rings. The molecule has 0 fully saturated rings. The predicted molar refractivity (Wildman–Crippen MR) is 382 cm³/mol. The van der Waals surface area contributed by atoms with Gasteiger partial charge in [-0.1, -0.05) is 70.9 Å². The fraction of sp³-hybridized carbons (Fsp3) is 0.698. The van der Waals surface area contributed by atoms with E-state index in [0.717, 1.165) is 174 Å². The zero-order chi connectivity index (χ0) is 62.1. The lowest BCUT2D eigenvalue weighted by molar-refractivity contribution is -0.132. The number of fused-ring (bicyclic) bond motifs is 52. The summed E-state index contributed by atoms with van der Waals surface area (Å²) >= 11 is 15.1. The van der Waals surface area contributed by atoms with Crippen LogP contribution in [0.2, 0.25) is 0 Å². The lowest BCUT2D eigenvalue weighted by atomic mass is 10.1. The van der Waals surface area contributed by atoms with Gasteiger partial charge in [-0.15, -0.1) is 6.58 Å². The number of nitrogens with zero attached hydrogens (tertiary/aromatic N) is 8. The number of carbonyl (C=O) groups excluding carboxylic acids is 4. The molecule has 24 heteroatoms. The summed E-state index contributed by atoms with van der Waals surface area (Å²) in [5.74, 6) is 16.1. The maximum Gasteiger partial charge on any atom is 0.223 e. The molecule has 2 aromatic carbocycles. The first-order valence-electron chi connectivity index (χ1n) is 31.2. The number of amides is 4. The summed E-state index contributed by atoms with van der Waals surface area (Å²) in [5, 5.41) is 17.3. The molecule has 0 aliphatic carbocycles. The van der Waals surface area contributed by atoms with Crippen LogP contribution in [0.3, 0.4) is 0 Å². The normalized spacial score (nSPS) is 19.2. The molecule has 0 atom stereocenters. The van der Waals surface area contributed by atoms with E-state index in [0.29, 0.717) is 98.0 Å². The van der Waals surface area contributed by atoms with Crippen molar-refractivity contribution in [2.45, 2.75) is 90.0 Å². The summed E-state index contributed by atoms with van der Waals surface area (Å²) in [6.07, 6.45) is 14.4. The van der Waals surface area contributed by atoms with E-state index in [9.17, 15) is 24.3 Å². The van der Waals surface area contributed by atoms with Crippen molar-refractivity contribution in [3.63, 3.8) is 0 Å². The zero-order valence-corrected chi connectivity index (χ0v) is 58.4. The largest absolute Gasteiger partial charge is 0.396 e. The van der Waals surface area contributed by atoms with E-state index in [1.54, 1.807) is 12.3 Å². The molecule has 0 aromatic heterocycles. The average Bonchev–Trinajstić information content (AvgIpc) is 3.74. The van der Waals surface area contributed by atoms with E-state index in [-0.39, 0.29) is 36.8 Å². The van der Waals surface area contributed by atoms with Gasteiger partial charge in [-0.05, 0) is 149 Å². The first kappa shape index (κ1) is 78.8. The second-order valence-electron chi connectivity index (χ2n) is 20.4. The van der Waals surface area contributed by atoms with E-state index in [1.165, 1.54) is 5.56 Å². The number of oxime groups is 1. The van der Waals surface area contributed by atoms with Gasteiger partial charge in [0.2, 0.25) is 23.6 Å². The van der Waals surface area contributed by atoms with Crippen molar-refractivity contribution in [1.82, 2.24) is 19.6 Å². The number of carbonyl (C=O) groups is 4. The van der Waals surface area contributed by atoms with Crippen molar-refractivity contribution in [3.05, 3.63) is 94.4 Å². The highest BCUT2D eigenvalue weighted by molar-refractivity contribution is 8.01. The van der Waals surface area contributed by atoms with Crippen LogP contribution in [0.4, 0.5) is 0 Å². The van der Waals surface area contributed by atoms with Gasteiger partial charge in [0.05, 0.1) is 39.2 Å². The van der Waals surface area contributed by atoms with Gasteiger partial charge >= 0.3 is 0 Å². The van der Waals surface area contributed by atoms with Crippen molar-refractivity contribution in [2.24, 2.45) is 10.3 Å². The first-order chi connectivity index (χ1) is 42.8. The van der Waals surface area contributed by atoms with Crippen LogP contribution in [0.25, 0.3) is 10.4 Å². The molecule has 0 unspecified atom stereocenters. The lowest BCUT2D eigenvalue weighted by Crippen LogP contribution is -2.35. The lowest BCUT2D eigenvalue weighted by Gasteiger charge is -2.23. The summed E-state index contributed by atoms with van der Waals surface area (Å²) in [6.45, 7) is 11.1. The molecule has 2 aliphatic heterocycles. The van der Waals surface area contributed by atoms with Gasteiger partial charge in [0.25, 0.3) is 0 Å². The monoisotopic (exact) mass is 1350 g/mol. The highest BCUT2D eigenvalue weighted by atomic mass is 32.2. The molecular weight excluding hydrogens is 1250 g/mol. The predicted octanol–water partition coefficient (Wildman–Crippen LogP) is 12.2. The van der Waals surface area contributed by atoms with Gasteiger partial charge in [-0.2, -0.15) is 94.1 Å². The summed E-state index contributed by atoms with van der Waals surface area (Å²) in [6, 6.07) is 18.5. The molecule has 2 bridgehead atoms. The SMILES string of the molecule is C=CCN1Cc2ccc(cc2)/C=N\OCCCSCCCSCCC(=O)N(CCO)CCCSCCCSCCC(=O)N(CCOCCOCCN=[N+]=[N-])CCCSCCCSCCC(=O)N(CCc2ccccc2)CCCSCCCSCCC1=O. The third-order valence-corrected chi connectivity index (χ3v) is 22.3. The zero-order valence-electron chi connectivity index (χ0n) is 51.8. The van der Waals surface area contributed by atoms with Crippen LogP contribution in [0.5, 0.6) is 0 Å². The Bertz CT molecular complexity index is 2140. The minimum absolute atomic E-state index is 0.0292. The molecule has 0 saturated carbocycles. The summed E-state index contributed by atoms with van der Waals surface area (Å²) in [4.78, 5) is 69.4. The van der Waals surface area contributed by atoms with Gasteiger partial charge in [-0.25, -0.2) is 0 Å². The Labute approximate surface area is 556 Å². The van der Waals surface area contributed by atoms with Gasteiger partial charge in [-0.3, -0.25) is 19.2 Å². The van der Waals surface area contributed by atoms with Crippen molar-refractivity contribution in [3.8, 4) is 0 Å². The molecular formula is C63H102N8O8S8. The molecule has 2 aromatic rings. The van der Waals surface area contributed by atoms with E-state index < -0.39 is 0 Å². The standard InChI is InChI=1S/C63H102N8O8S8/c1-2-26-71-56-59-18-16-58(17-19-59)55-66-79-34-9-42-83-46-13-50-85-52-22-61(74)69(31-33-72)28-7-40-81-44-10-48-86-53-23-62(75)70(32-36-78-38-37-77-35-25-65-67-64)29-8-41-82-45-11-47-84-51-21-60(73)68(30-20-57-14-4-3-5-15-57)27-6-39-80-43-12-49-87-54-24-63(71)76/h2-5,14-19,55,72H,1,6-13,20-54,56H2/b66-55-. The van der Waals surface area contributed by atoms with Gasteiger partial charge in [0.1, 0.15) is 6.61 Å². The van der Waals surface area contributed by atoms with Crippen LogP contribution in [-0.2, 0) is 46.5 Å². The summed E-state index contributed by atoms with van der Waals surface area (Å²) < 4.78 is 11.3. The number of ether oxygens (including phenoxy) is 2. The Morgan fingerprint density at radius 3 is 1.46 bits per heavy atom. The molecule has 4 amide bonds. The summed E-state index contributed by atoms with van der Waals surface area (Å²) in [7, 11) is 0. The van der Waals surface area contributed by atoms with Crippen LogP contribution in [0.1, 0.15) is 93.7 Å². The number of benzene rings is 2. The van der Waals surface area contributed by atoms with Crippen molar-refractivity contribution in [1.29, 1.82) is 0 Å². The van der Waals surface area contributed by atoms with Gasteiger partial charge < -0.3 is 39.0 Å². The molecule has 4 rings (SSSR count). The number of rotatable bonds is 16. The molecule has 490 valence electrons. The number of hydrogen-bond donors (Lipinski definition) is 1. The maximum atomic E-state index is 13.6. The van der Waals surface area contributed by atoms with Crippen molar-refractivity contribution >= 4 is 124 Å². The van der Waals surface area contributed by atoms with Crippen LogP contribution >= 0.6 is 94.1 Å². The minimum Gasteiger partial charge on any atom is -0.396 e. The fourth-order valence-corrected chi connectivity index (χ4v) is 16.4. The third-order valence-electron chi connectivity index (χ3n) is 13.4. The van der Waals surface area contributed by atoms with E-state index in [2.05, 4.69) is 50.9 Å². The van der Waals surface area contributed by atoms with E-state index >= 15 is 0 Å². The Kier molecular flexibility index (Phi) is 52.0. The Morgan fingerprint density at radius 2 is 0.977 bits per heavy atom. The molecule has 0 radical (unpaired) electrons. The second kappa shape index (κ2) is 57.4. The molecule has 1 N–H and O–H groups in total. The molecule has 87 heavy (non-hydrogen) atoms. The van der Waals surface area contributed by atoms with Crippen LogP contribution in [-0.4, -0.2) is 239 Å². The third kappa shape index (κ3) is 43.8. The highest BCUT2D eigenvalue weighted by Crippen LogP contribution is 2.18. The second-order valence-corrected chi connectivity index (χ2v) is 30.2. The topological polar surface area (TPSA) is 190 Å². The van der Waals surface area contributed by atoms with Crippen LogP contribution in [0, 0.1) is 0 Å². The van der Waals surface area contributed by atoms with Gasteiger partial charge in [0, 0.05) is 113 Å². The first-order valence-corrected chi connectivity index (χ1v) is 40.5. The molecule has 0 saturated heterocycles. The average molecular weight is 1360 g/mol. The number of thioether (sulfide) groups is 8. The summed E-state index contributed by atoms with van der Waals surface area (Å²) in [5.41, 5.74) is 11.7. The Morgan fingerprint density at radius 1 is 0.540 bits per heavy atom. The maximum absolute atomic E-state index is 13.6. The number of hydrogen-bond acceptors (Lipinski definition) is 18. The van der Waals surface area contributed by atoms with E-state index in [1.807, 2.05) is 139 Å². The highest BCUT2D eigenvalue weighted by Gasteiger charge is 2.17. The molecule has 2 heterocycles. The van der Waals surface area contributed by atoms with Gasteiger partial charge in [0.15, 0.2) is 0 Å². The Hall–Kier alpha value is -2.48. The smallest absolute Gasteiger partial charge is 0.223 e. The number of aliphatic hydroxyl groups excluding tert-OH is 1.